The molecule has 3 nitrogen and oxygen atoms in total. The third-order valence-electron chi connectivity index (χ3n) is 2.03. The third-order valence-corrected chi connectivity index (χ3v) is 3.13. The Kier molecular flexibility index (Phi) is 7.50. The molecule has 1 aliphatic rings. The molecule has 1 rings (SSSR count). The molecule has 0 radical (unpaired) electrons. The minimum absolute atomic E-state index is 0.0543. The van der Waals surface area contributed by atoms with Gasteiger partial charge in [-0.25, -0.2) is 0 Å². The quantitative estimate of drug-likeness (QED) is 0.613. The average Bonchev–Trinajstić information content (AvgIpc) is 2.25. The second-order valence-electron chi connectivity index (χ2n) is 3.27. The SMILES string of the molecule is COCCCSCCC1OCCCO1. The van der Waals surface area contributed by atoms with Crippen LogP contribution in [0.25, 0.3) is 0 Å². The van der Waals surface area contributed by atoms with Gasteiger partial charge in [-0.1, -0.05) is 0 Å². The van der Waals surface area contributed by atoms with Gasteiger partial charge in [-0.05, 0) is 24.3 Å². The Bertz CT molecular complexity index is 127. The fourth-order valence-electron chi connectivity index (χ4n) is 1.29. The Morgan fingerprint density at radius 2 is 2.07 bits per heavy atom. The highest BCUT2D eigenvalue weighted by atomic mass is 32.2. The largest absolute Gasteiger partial charge is 0.385 e. The molecule has 0 N–H and O–H groups in total. The molecule has 0 bridgehead atoms. The second kappa shape index (κ2) is 8.53. The lowest BCUT2D eigenvalue weighted by Crippen LogP contribution is -2.25. The number of hydrogen-bond donors (Lipinski definition) is 0. The lowest BCUT2D eigenvalue weighted by Gasteiger charge is -2.22. The van der Waals surface area contributed by atoms with Crippen molar-refractivity contribution in [3.05, 3.63) is 0 Å². The molecular formula is C10H20O3S. The molecule has 0 spiro atoms. The van der Waals surface area contributed by atoms with E-state index >= 15 is 0 Å². The molecule has 0 atom stereocenters. The van der Waals surface area contributed by atoms with Crippen LogP contribution in [0.3, 0.4) is 0 Å². The molecular weight excluding hydrogens is 200 g/mol. The van der Waals surface area contributed by atoms with Gasteiger partial charge in [0.25, 0.3) is 0 Å². The summed E-state index contributed by atoms with van der Waals surface area (Å²) in [5, 5.41) is 0. The van der Waals surface area contributed by atoms with E-state index in [0.717, 1.165) is 44.8 Å². The van der Waals surface area contributed by atoms with Crippen LogP contribution in [0.4, 0.5) is 0 Å². The third kappa shape index (κ3) is 5.86. The zero-order chi connectivity index (χ0) is 10.1. The van der Waals surface area contributed by atoms with Crippen molar-refractivity contribution in [2.45, 2.75) is 25.6 Å². The summed E-state index contributed by atoms with van der Waals surface area (Å²) in [6.07, 6.45) is 3.24. The summed E-state index contributed by atoms with van der Waals surface area (Å²) < 4.78 is 15.9. The van der Waals surface area contributed by atoms with Gasteiger partial charge in [0.1, 0.15) is 0 Å². The van der Waals surface area contributed by atoms with E-state index in [-0.39, 0.29) is 6.29 Å². The number of rotatable bonds is 7. The molecule has 0 aromatic rings. The standard InChI is InChI=1S/C10H20O3S/c1-11-5-3-8-14-9-4-10-12-6-2-7-13-10/h10H,2-9H2,1H3. The molecule has 0 saturated carbocycles. The minimum Gasteiger partial charge on any atom is -0.385 e. The van der Waals surface area contributed by atoms with Crippen molar-refractivity contribution < 1.29 is 14.2 Å². The molecule has 1 saturated heterocycles. The van der Waals surface area contributed by atoms with Gasteiger partial charge in [0.05, 0.1) is 13.2 Å². The normalized spacial score (nSPS) is 18.6. The molecule has 0 aromatic carbocycles. The summed E-state index contributed by atoms with van der Waals surface area (Å²) in [6.45, 7) is 2.58. The molecule has 0 unspecified atom stereocenters. The highest BCUT2D eigenvalue weighted by Gasteiger charge is 2.12. The van der Waals surface area contributed by atoms with Crippen molar-refractivity contribution >= 4 is 11.8 Å². The maximum Gasteiger partial charge on any atom is 0.158 e. The molecule has 1 aliphatic heterocycles. The van der Waals surface area contributed by atoms with Crippen LogP contribution in [0.1, 0.15) is 19.3 Å². The van der Waals surface area contributed by atoms with Gasteiger partial charge in [0.15, 0.2) is 6.29 Å². The van der Waals surface area contributed by atoms with Crippen molar-refractivity contribution in [1.82, 2.24) is 0 Å². The first-order chi connectivity index (χ1) is 6.93. The predicted octanol–water partition coefficient (Wildman–Crippen LogP) is 1.91. The Hall–Kier alpha value is 0.230. The Morgan fingerprint density at radius 1 is 1.29 bits per heavy atom. The van der Waals surface area contributed by atoms with Crippen molar-refractivity contribution in [2.24, 2.45) is 0 Å². The van der Waals surface area contributed by atoms with Crippen molar-refractivity contribution in [3.63, 3.8) is 0 Å². The summed E-state index contributed by atoms with van der Waals surface area (Å²) in [5.41, 5.74) is 0. The average molecular weight is 220 g/mol. The van der Waals surface area contributed by atoms with Gasteiger partial charge in [-0.2, -0.15) is 11.8 Å². The first kappa shape index (κ1) is 12.3. The molecule has 0 amide bonds. The summed E-state index contributed by atoms with van der Waals surface area (Å²) in [4.78, 5) is 0. The fourth-order valence-corrected chi connectivity index (χ4v) is 2.18. The molecule has 14 heavy (non-hydrogen) atoms. The van der Waals surface area contributed by atoms with E-state index in [4.69, 9.17) is 14.2 Å². The highest BCUT2D eigenvalue weighted by molar-refractivity contribution is 7.99. The van der Waals surface area contributed by atoms with Gasteiger partial charge in [0.2, 0.25) is 0 Å². The van der Waals surface area contributed by atoms with Gasteiger partial charge < -0.3 is 14.2 Å². The number of thioether (sulfide) groups is 1. The van der Waals surface area contributed by atoms with Crippen molar-refractivity contribution in [3.8, 4) is 0 Å². The zero-order valence-electron chi connectivity index (χ0n) is 8.87. The fraction of sp³-hybridized carbons (Fsp3) is 1.00. The summed E-state index contributed by atoms with van der Waals surface area (Å²) in [5.74, 6) is 2.29. The van der Waals surface area contributed by atoms with Gasteiger partial charge >= 0.3 is 0 Å². The van der Waals surface area contributed by atoms with Gasteiger partial charge in [0, 0.05) is 20.1 Å². The van der Waals surface area contributed by atoms with E-state index in [0.29, 0.717) is 0 Å². The maximum atomic E-state index is 5.45. The first-order valence-corrected chi connectivity index (χ1v) is 6.39. The summed E-state index contributed by atoms with van der Waals surface area (Å²) >= 11 is 1.95. The van der Waals surface area contributed by atoms with E-state index in [9.17, 15) is 0 Å². The monoisotopic (exact) mass is 220 g/mol. The lowest BCUT2D eigenvalue weighted by molar-refractivity contribution is -0.178. The molecule has 0 aliphatic carbocycles. The molecule has 84 valence electrons. The van der Waals surface area contributed by atoms with Crippen LogP contribution in [0.2, 0.25) is 0 Å². The zero-order valence-corrected chi connectivity index (χ0v) is 9.68. The highest BCUT2D eigenvalue weighted by Crippen LogP contribution is 2.13. The van der Waals surface area contributed by atoms with Gasteiger partial charge in [-0.3, -0.25) is 0 Å². The van der Waals surface area contributed by atoms with E-state index in [1.807, 2.05) is 11.8 Å². The maximum absolute atomic E-state index is 5.45. The molecule has 4 heteroatoms. The number of methoxy groups -OCH3 is 1. The second-order valence-corrected chi connectivity index (χ2v) is 4.50. The number of hydrogen-bond acceptors (Lipinski definition) is 4. The van der Waals surface area contributed by atoms with Gasteiger partial charge in [-0.15, -0.1) is 0 Å². The van der Waals surface area contributed by atoms with E-state index in [1.54, 1.807) is 7.11 Å². The predicted molar refractivity (Wildman–Crippen MR) is 58.7 cm³/mol. The molecule has 0 aromatic heterocycles. The van der Waals surface area contributed by atoms with Crippen LogP contribution < -0.4 is 0 Å². The van der Waals surface area contributed by atoms with Crippen LogP contribution in [-0.4, -0.2) is 44.7 Å². The van der Waals surface area contributed by atoms with E-state index < -0.39 is 0 Å². The van der Waals surface area contributed by atoms with Crippen LogP contribution >= 0.6 is 11.8 Å². The van der Waals surface area contributed by atoms with Crippen LogP contribution in [0, 0.1) is 0 Å². The van der Waals surface area contributed by atoms with Crippen molar-refractivity contribution in [2.75, 3.05) is 38.4 Å². The lowest BCUT2D eigenvalue weighted by atomic mass is 10.4. The van der Waals surface area contributed by atoms with E-state index in [1.165, 1.54) is 5.75 Å². The first-order valence-electron chi connectivity index (χ1n) is 5.23. The summed E-state index contributed by atoms with van der Waals surface area (Å²) in [6, 6.07) is 0. The molecule has 1 heterocycles. The topological polar surface area (TPSA) is 27.7 Å². The van der Waals surface area contributed by atoms with Crippen LogP contribution in [0.5, 0.6) is 0 Å². The van der Waals surface area contributed by atoms with E-state index in [2.05, 4.69) is 0 Å². The Morgan fingerprint density at radius 3 is 2.79 bits per heavy atom. The van der Waals surface area contributed by atoms with Crippen LogP contribution in [-0.2, 0) is 14.2 Å². The summed E-state index contributed by atoms with van der Waals surface area (Å²) in [7, 11) is 1.74. The number of ether oxygens (including phenoxy) is 3. The Balaban J connectivity index is 1.82. The smallest absolute Gasteiger partial charge is 0.158 e. The Labute approximate surface area is 90.5 Å². The van der Waals surface area contributed by atoms with Crippen molar-refractivity contribution in [1.29, 1.82) is 0 Å². The minimum atomic E-state index is 0.0543. The van der Waals surface area contributed by atoms with Crippen LogP contribution in [0.15, 0.2) is 0 Å². The molecule has 1 fully saturated rings.